The van der Waals surface area contributed by atoms with Crippen molar-refractivity contribution in [1.82, 2.24) is 9.55 Å². The van der Waals surface area contributed by atoms with Crippen LogP contribution in [0.2, 0.25) is 0 Å². The van der Waals surface area contributed by atoms with E-state index in [1.54, 1.807) is 0 Å². The van der Waals surface area contributed by atoms with Crippen molar-refractivity contribution in [1.29, 1.82) is 0 Å². The van der Waals surface area contributed by atoms with E-state index < -0.39 is 54.4 Å². The van der Waals surface area contributed by atoms with E-state index in [1.165, 1.54) is 14.2 Å². The lowest BCUT2D eigenvalue weighted by Crippen LogP contribution is -2.48. The predicted molar refractivity (Wildman–Crippen MR) is 112 cm³/mol. The number of methoxy groups -OCH3 is 1. The second-order valence-electron chi connectivity index (χ2n) is 6.57. The molecule has 1 rings (SSSR count). The fourth-order valence-electron chi connectivity index (χ4n) is 2.57. The van der Waals surface area contributed by atoms with Crippen molar-refractivity contribution >= 4 is 41.6 Å². The molecule has 1 aromatic heterocycles. The molecular formula is C19H26N4O10. The van der Waals surface area contributed by atoms with Gasteiger partial charge in [-0.3, -0.25) is 28.5 Å². The topological polar surface area (TPSA) is 188 Å². The van der Waals surface area contributed by atoms with E-state index in [0.29, 0.717) is 0 Å². The zero-order chi connectivity index (χ0) is 25.3. The molecule has 14 heteroatoms. The van der Waals surface area contributed by atoms with Gasteiger partial charge in [-0.1, -0.05) is 0 Å². The number of nitrogen functional groups attached to an aromatic ring is 1. The number of ether oxygens (including phenoxy) is 5. The molecule has 0 aliphatic carbocycles. The van der Waals surface area contributed by atoms with Crippen LogP contribution in [-0.2, 0) is 45.2 Å². The average Bonchev–Trinajstić information content (AvgIpc) is 2.70. The molecule has 0 amide bonds. The molecule has 1 heterocycles. The minimum atomic E-state index is -1.49. The Morgan fingerprint density at radius 3 is 2.09 bits per heavy atom. The monoisotopic (exact) mass is 470 g/mol. The van der Waals surface area contributed by atoms with E-state index in [2.05, 4.69) is 9.98 Å². The molecule has 0 aliphatic rings. The Hall–Kier alpha value is -3.97. The van der Waals surface area contributed by atoms with E-state index in [9.17, 15) is 24.0 Å². The summed E-state index contributed by atoms with van der Waals surface area (Å²) in [6, 6.07) is -0.0675. The molecule has 2 N–H and O–H groups in total. The Labute approximate surface area is 188 Å². The minimum absolute atomic E-state index is 0.0675. The Kier molecular flexibility index (Phi) is 9.98. The van der Waals surface area contributed by atoms with Crippen LogP contribution < -0.4 is 16.0 Å². The zero-order valence-electron chi connectivity index (χ0n) is 19.0. The average molecular weight is 470 g/mol. The van der Waals surface area contributed by atoms with Crippen LogP contribution in [-0.4, -0.2) is 71.7 Å². The SMILES string of the molecule is COc1nc(N)c(N=C[C@@H](OC(C)=O)[C@H](OC(C)=O)[C@H](COC(C)=O)OC(C)=O)c(=O)n1C. The number of carbonyl (C=O) groups excluding carboxylic acids is 4. The van der Waals surface area contributed by atoms with Gasteiger partial charge in [0.1, 0.15) is 6.61 Å². The lowest BCUT2D eigenvalue weighted by atomic mass is 10.1. The number of rotatable bonds is 10. The minimum Gasteiger partial charge on any atom is -0.468 e. The number of aromatic nitrogens is 2. The second-order valence-corrected chi connectivity index (χ2v) is 6.57. The summed E-state index contributed by atoms with van der Waals surface area (Å²) in [6.45, 7) is 3.81. The summed E-state index contributed by atoms with van der Waals surface area (Å²) < 4.78 is 26.3. The first-order chi connectivity index (χ1) is 15.4. The van der Waals surface area contributed by atoms with Gasteiger partial charge in [-0.25, -0.2) is 4.99 Å². The standard InChI is InChI=1S/C19H26N4O10/c1-9(24)30-8-14(32-11(3)26)16(33-12(4)27)13(31-10(2)25)7-21-15-17(20)22-19(29-6)23(5)18(15)28/h7,13-14,16H,8,20H2,1-6H3/t13-,14+,16+/m1/s1. The Balaban J connectivity index is 3.50. The fraction of sp³-hybridized carbons (Fsp3) is 0.526. The van der Waals surface area contributed by atoms with Gasteiger partial charge in [0.05, 0.1) is 7.11 Å². The van der Waals surface area contributed by atoms with Gasteiger partial charge in [0.15, 0.2) is 29.8 Å². The third-order valence-corrected chi connectivity index (χ3v) is 3.85. The molecule has 0 spiro atoms. The molecule has 0 fully saturated rings. The molecule has 0 radical (unpaired) electrons. The van der Waals surface area contributed by atoms with E-state index in [4.69, 9.17) is 29.4 Å². The van der Waals surface area contributed by atoms with Crippen LogP contribution in [0.5, 0.6) is 6.01 Å². The van der Waals surface area contributed by atoms with Crippen LogP contribution >= 0.6 is 0 Å². The molecule has 33 heavy (non-hydrogen) atoms. The molecule has 0 saturated heterocycles. The highest BCUT2D eigenvalue weighted by Gasteiger charge is 2.37. The molecule has 182 valence electrons. The van der Waals surface area contributed by atoms with Gasteiger partial charge in [0.25, 0.3) is 5.56 Å². The lowest BCUT2D eigenvalue weighted by molar-refractivity contribution is -0.183. The van der Waals surface area contributed by atoms with Crippen LogP contribution in [0.4, 0.5) is 11.5 Å². The number of anilines is 1. The normalized spacial score (nSPS) is 13.5. The van der Waals surface area contributed by atoms with Crippen LogP contribution in [0.3, 0.4) is 0 Å². The zero-order valence-corrected chi connectivity index (χ0v) is 19.0. The molecule has 1 aromatic rings. The number of carbonyl (C=O) groups is 4. The van der Waals surface area contributed by atoms with Gasteiger partial charge >= 0.3 is 29.9 Å². The quantitative estimate of drug-likeness (QED) is 0.261. The molecule has 0 unspecified atom stereocenters. The highest BCUT2D eigenvalue weighted by atomic mass is 16.6. The van der Waals surface area contributed by atoms with Gasteiger partial charge in [-0.2, -0.15) is 4.98 Å². The Morgan fingerprint density at radius 2 is 1.61 bits per heavy atom. The van der Waals surface area contributed by atoms with Crippen molar-refractivity contribution in [2.75, 3.05) is 19.5 Å². The van der Waals surface area contributed by atoms with Gasteiger partial charge < -0.3 is 29.4 Å². The molecular weight excluding hydrogens is 444 g/mol. The van der Waals surface area contributed by atoms with Crippen LogP contribution in [0.1, 0.15) is 27.7 Å². The first-order valence-electron chi connectivity index (χ1n) is 9.47. The number of nitrogens with zero attached hydrogens (tertiary/aromatic N) is 3. The summed E-state index contributed by atoms with van der Waals surface area (Å²) in [5.41, 5.74) is 4.78. The van der Waals surface area contributed by atoms with Gasteiger partial charge in [0, 0.05) is 41.0 Å². The predicted octanol–water partition coefficient (Wildman–Crippen LogP) is -0.568. The molecule has 0 aromatic carbocycles. The van der Waals surface area contributed by atoms with E-state index in [1.807, 2.05) is 0 Å². The summed E-state index contributed by atoms with van der Waals surface area (Å²) in [7, 11) is 2.66. The van der Waals surface area contributed by atoms with Crippen molar-refractivity contribution < 1.29 is 42.9 Å². The number of hydrogen-bond acceptors (Lipinski definition) is 13. The number of aliphatic imine (C=N–C) groups is 1. The maximum Gasteiger partial charge on any atom is 0.303 e. The molecule has 3 atom stereocenters. The van der Waals surface area contributed by atoms with Crippen LogP contribution in [0.25, 0.3) is 0 Å². The summed E-state index contributed by atoms with van der Waals surface area (Å²) in [5.74, 6) is -3.42. The van der Waals surface area contributed by atoms with Crippen LogP contribution in [0, 0.1) is 0 Å². The third kappa shape index (κ3) is 8.23. The summed E-state index contributed by atoms with van der Waals surface area (Å²) in [6.07, 6.45) is -3.38. The lowest BCUT2D eigenvalue weighted by Gasteiger charge is -2.29. The van der Waals surface area contributed by atoms with Gasteiger partial charge in [-0.05, 0) is 0 Å². The van der Waals surface area contributed by atoms with Crippen molar-refractivity contribution in [3.05, 3.63) is 10.4 Å². The Bertz CT molecular complexity index is 988. The summed E-state index contributed by atoms with van der Waals surface area (Å²) >= 11 is 0. The Morgan fingerprint density at radius 1 is 1.03 bits per heavy atom. The van der Waals surface area contributed by atoms with E-state index >= 15 is 0 Å². The molecule has 0 saturated carbocycles. The van der Waals surface area contributed by atoms with E-state index in [-0.39, 0.29) is 17.5 Å². The van der Waals surface area contributed by atoms with Crippen LogP contribution in [0.15, 0.2) is 9.79 Å². The summed E-state index contributed by atoms with van der Waals surface area (Å²) in [5, 5.41) is 0. The van der Waals surface area contributed by atoms with Crippen molar-refractivity contribution in [2.45, 2.75) is 46.0 Å². The number of nitrogens with two attached hydrogens (primary N) is 1. The highest BCUT2D eigenvalue weighted by Crippen LogP contribution is 2.19. The number of esters is 4. The van der Waals surface area contributed by atoms with Gasteiger partial charge in [-0.15, -0.1) is 0 Å². The van der Waals surface area contributed by atoms with Crippen molar-refractivity contribution in [3.63, 3.8) is 0 Å². The highest BCUT2D eigenvalue weighted by molar-refractivity contribution is 5.77. The molecule has 0 aliphatic heterocycles. The number of hydrogen-bond donors (Lipinski definition) is 1. The maximum atomic E-state index is 12.5. The fourth-order valence-corrected chi connectivity index (χ4v) is 2.57. The van der Waals surface area contributed by atoms with E-state index in [0.717, 1.165) is 38.5 Å². The van der Waals surface area contributed by atoms with Crippen molar-refractivity contribution in [2.24, 2.45) is 12.0 Å². The van der Waals surface area contributed by atoms with Crippen molar-refractivity contribution in [3.8, 4) is 6.01 Å². The smallest absolute Gasteiger partial charge is 0.303 e. The first-order valence-corrected chi connectivity index (χ1v) is 9.47. The van der Waals surface area contributed by atoms with Gasteiger partial charge in [0.2, 0.25) is 0 Å². The summed E-state index contributed by atoms with van der Waals surface area (Å²) in [4.78, 5) is 66.6. The molecule has 0 bridgehead atoms. The third-order valence-electron chi connectivity index (χ3n) is 3.85. The molecule has 14 nitrogen and oxygen atoms in total. The largest absolute Gasteiger partial charge is 0.468 e. The second kappa shape index (κ2) is 12.2. The first kappa shape index (κ1) is 27.1. The maximum absolute atomic E-state index is 12.5.